The van der Waals surface area contributed by atoms with Gasteiger partial charge >= 0.3 is 0 Å². The molecule has 7 heteroatoms. The first kappa shape index (κ1) is 19.0. The molecule has 29 heavy (non-hydrogen) atoms. The highest BCUT2D eigenvalue weighted by Crippen LogP contribution is 2.33. The smallest absolute Gasteiger partial charge is 0.263 e. The van der Waals surface area contributed by atoms with Crippen LogP contribution in [0, 0.1) is 0 Å². The van der Waals surface area contributed by atoms with Gasteiger partial charge in [-0.25, -0.2) is 0 Å². The van der Waals surface area contributed by atoms with Crippen molar-refractivity contribution in [1.82, 2.24) is 14.5 Å². The zero-order chi connectivity index (χ0) is 20.4. The molecule has 150 valence electrons. The number of amides is 1. The first-order chi connectivity index (χ1) is 14.1. The fourth-order valence-corrected chi connectivity index (χ4v) is 3.80. The van der Waals surface area contributed by atoms with Crippen LogP contribution in [0.25, 0.3) is 16.5 Å². The maximum atomic E-state index is 13.4. The Bertz CT molecular complexity index is 1100. The van der Waals surface area contributed by atoms with Crippen LogP contribution in [0.1, 0.15) is 29.6 Å². The SMILES string of the molecule is COc1cc2c(C(=O)N3CCCCC3)cn(-c3ccncc3)c(=O)c2cc1OC. The summed E-state index contributed by atoms with van der Waals surface area (Å²) in [5.74, 6) is 0.847. The second kappa shape index (κ2) is 7.95. The highest BCUT2D eigenvalue weighted by Gasteiger charge is 2.23. The van der Waals surface area contributed by atoms with Crippen LogP contribution in [0.3, 0.4) is 0 Å². The summed E-state index contributed by atoms with van der Waals surface area (Å²) in [4.78, 5) is 32.5. The fraction of sp³-hybridized carbons (Fsp3) is 0.318. The number of likely N-dealkylation sites (tertiary alicyclic amines) is 1. The van der Waals surface area contributed by atoms with E-state index in [4.69, 9.17) is 9.47 Å². The lowest BCUT2D eigenvalue weighted by Gasteiger charge is -2.27. The predicted octanol–water partition coefficient (Wildman–Crippen LogP) is 3.03. The normalized spacial score (nSPS) is 14.1. The predicted molar refractivity (Wildman–Crippen MR) is 110 cm³/mol. The third-order valence-corrected chi connectivity index (χ3v) is 5.34. The van der Waals surface area contributed by atoms with Crippen molar-refractivity contribution in [1.29, 1.82) is 0 Å². The van der Waals surface area contributed by atoms with Gasteiger partial charge in [0.15, 0.2) is 11.5 Å². The van der Waals surface area contributed by atoms with Gasteiger partial charge in [0.05, 0.1) is 30.9 Å². The molecular weight excluding hydrogens is 370 g/mol. The first-order valence-corrected chi connectivity index (χ1v) is 9.65. The van der Waals surface area contributed by atoms with Crippen molar-refractivity contribution in [3.05, 3.63) is 58.8 Å². The Balaban J connectivity index is 1.99. The van der Waals surface area contributed by atoms with E-state index in [1.165, 1.54) is 18.8 Å². The number of rotatable bonds is 4. The van der Waals surface area contributed by atoms with Gasteiger partial charge in [-0.1, -0.05) is 0 Å². The van der Waals surface area contributed by atoms with Crippen LogP contribution in [0.4, 0.5) is 0 Å². The van der Waals surface area contributed by atoms with Crippen molar-refractivity contribution in [3.8, 4) is 17.2 Å². The molecular formula is C22H23N3O4. The summed E-state index contributed by atoms with van der Waals surface area (Å²) in [6.45, 7) is 1.45. The van der Waals surface area contributed by atoms with E-state index in [-0.39, 0.29) is 11.5 Å². The Hall–Kier alpha value is -3.35. The van der Waals surface area contributed by atoms with Crippen molar-refractivity contribution in [3.63, 3.8) is 0 Å². The number of piperidine rings is 1. The lowest BCUT2D eigenvalue weighted by atomic mass is 10.0. The monoisotopic (exact) mass is 393 g/mol. The molecule has 1 saturated heterocycles. The summed E-state index contributed by atoms with van der Waals surface area (Å²) in [6, 6.07) is 6.83. The molecule has 0 bridgehead atoms. The number of aromatic nitrogens is 2. The van der Waals surface area contributed by atoms with Crippen molar-refractivity contribution >= 4 is 16.7 Å². The Morgan fingerprint density at radius 2 is 1.59 bits per heavy atom. The average Bonchev–Trinajstić information content (AvgIpc) is 2.79. The number of hydrogen-bond donors (Lipinski definition) is 0. The number of methoxy groups -OCH3 is 2. The quantitative estimate of drug-likeness (QED) is 0.681. The molecule has 0 spiro atoms. The highest BCUT2D eigenvalue weighted by atomic mass is 16.5. The maximum Gasteiger partial charge on any atom is 0.263 e. The lowest BCUT2D eigenvalue weighted by Crippen LogP contribution is -2.36. The van der Waals surface area contributed by atoms with Crippen molar-refractivity contribution in [2.24, 2.45) is 0 Å². The molecule has 0 saturated carbocycles. The summed E-state index contributed by atoms with van der Waals surface area (Å²) in [7, 11) is 3.06. The third kappa shape index (κ3) is 3.44. The Kier molecular flexibility index (Phi) is 5.20. The second-order valence-electron chi connectivity index (χ2n) is 7.03. The molecule has 1 aliphatic rings. The molecule has 0 N–H and O–H groups in total. The van der Waals surface area contributed by atoms with Gasteiger partial charge in [-0.2, -0.15) is 0 Å². The van der Waals surface area contributed by atoms with Crippen LogP contribution in [0.2, 0.25) is 0 Å². The number of pyridine rings is 2. The van der Waals surface area contributed by atoms with Gasteiger partial charge in [-0.05, 0) is 43.5 Å². The summed E-state index contributed by atoms with van der Waals surface area (Å²) < 4.78 is 12.3. The van der Waals surface area contributed by atoms with Gasteiger partial charge in [0.25, 0.3) is 11.5 Å². The number of benzene rings is 1. The van der Waals surface area contributed by atoms with E-state index in [1.54, 1.807) is 42.9 Å². The van der Waals surface area contributed by atoms with Crippen LogP contribution in [-0.2, 0) is 0 Å². The van der Waals surface area contributed by atoms with Gasteiger partial charge < -0.3 is 14.4 Å². The van der Waals surface area contributed by atoms with E-state index in [0.29, 0.717) is 33.5 Å². The van der Waals surface area contributed by atoms with Crippen molar-refractivity contribution < 1.29 is 14.3 Å². The minimum Gasteiger partial charge on any atom is -0.493 e. The molecule has 4 rings (SSSR count). The minimum atomic E-state index is -0.234. The van der Waals surface area contributed by atoms with E-state index in [1.807, 2.05) is 4.90 Å². The molecule has 3 aromatic rings. The van der Waals surface area contributed by atoms with Crippen molar-refractivity contribution in [2.45, 2.75) is 19.3 Å². The standard InChI is InChI=1S/C22H23N3O4/c1-28-19-12-16-17(13-20(19)29-2)22(27)25(15-6-8-23-9-7-15)14-18(16)21(26)24-10-4-3-5-11-24/h6-9,12-14H,3-5,10-11H2,1-2H3. The van der Waals surface area contributed by atoms with Gasteiger partial charge in [0.1, 0.15) is 0 Å². The number of hydrogen-bond acceptors (Lipinski definition) is 5. The zero-order valence-electron chi connectivity index (χ0n) is 16.6. The topological polar surface area (TPSA) is 73.7 Å². The van der Waals surface area contributed by atoms with Crippen LogP contribution >= 0.6 is 0 Å². The number of ether oxygens (including phenoxy) is 2. The molecule has 0 atom stereocenters. The van der Waals surface area contributed by atoms with Crippen molar-refractivity contribution in [2.75, 3.05) is 27.3 Å². The van der Waals surface area contributed by atoms with Crippen LogP contribution in [0.15, 0.2) is 47.7 Å². The largest absolute Gasteiger partial charge is 0.493 e. The van der Waals surface area contributed by atoms with Gasteiger partial charge in [-0.3, -0.25) is 19.1 Å². The Morgan fingerprint density at radius 3 is 2.21 bits per heavy atom. The maximum absolute atomic E-state index is 13.4. The van der Waals surface area contributed by atoms with Crippen LogP contribution < -0.4 is 15.0 Å². The molecule has 0 unspecified atom stereocenters. The molecule has 1 amide bonds. The van der Waals surface area contributed by atoms with Gasteiger partial charge in [0.2, 0.25) is 0 Å². The molecule has 0 radical (unpaired) electrons. The van der Waals surface area contributed by atoms with Crippen LogP contribution in [-0.4, -0.2) is 47.7 Å². The van der Waals surface area contributed by atoms with E-state index in [0.717, 1.165) is 32.4 Å². The fourth-order valence-electron chi connectivity index (χ4n) is 3.80. The van der Waals surface area contributed by atoms with E-state index in [9.17, 15) is 9.59 Å². The van der Waals surface area contributed by atoms with Gasteiger partial charge in [0, 0.05) is 37.1 Å². The lowest BCUT2D eigenvalue weighted by molar-refractivity contribution is 0.0725. The Labute approximate surface area is 168 Å². The highest BCUT2D eigenvalue weighted by molar-refractivity contribution is 6.07. The molecule has 1 aromatic carbocycles. The Morgan fingerprint density at radius 1 is 0.966 bits per heavy atom. The number of carbonyl (C=O) groups excluding carboxylic acids is 1. The molecule has 7 nitrogen and oxygen atoms in total. The number of fused-ring (bicyclic) bond motifs is 1. The number of nitrogens with zero attached hydrogens (tertiary/aromatic N) is 3. The number of carbonyl (C=O) groups is 1. The molecule has 1 fully saturated rings. The molecule has 3 heterocycles. The molecule has 2 aromatic heterocycles. The van der Waals surface area contributed by atoms with E-state index < -0.39 is 0 Å². The summed E-state index contributed by atoms with van der Waals surface area (Å²) in [6.07, 6.45) is 7.98. The first-order valence-electron chi connectivity index (χ1n) is 9.65. The minimum absolute atomic E-state index is 0.0790. The summed E-state index contributed by atoms with van der Waals surface area (Å²) in [5, 5.41) is 0.968. The second-order valence-corrected chi connectivity index (χ2v) is 7.03. The van der Waals surface area contributed by atoms with Crippen LogP contribution in [0.5, 0.6) is 11.5 Å². The summed E-state index contributed by atoms with van der Waals surface area (Å²) >= 11 is 0. The van der Waals surface area contributed by atoms with E-state index in [2.05, 4.69) is 4.98 Å². The van der Waals surface area contributed by atoms with Gasteiger partial charge in [-0.15, -0.1) is 0 Å². The molecule has 0 aliphatic carbocycles. The third-order valence-electron chi connectivity index (χ3n) is 5.34. The zero-order valence-corrected chi connectivity index (χ0v) is 16.6. The van der Waals surface area contributed by atoms with E-state index >= 15 is 0 Å². The summed E-state index contributed by atoms with van der Waals surface area (Å²) in [5.41, 5.74) is 0.885. The molecule has 1 aliphatic heterocycles. The average molecular weight is 393 g/mol.